The monoisotopic (exact) mass is 569 g/mol. The lowest BCUT2D eigenvalue weighted by Gasteiger charge is -2.43. The van der Waals surface area contributed by atoms with Gasteiger partial charge in [-0.25, -0.2) is 0 Å². The Hall–Kier alpha value is -2.36. The molecule has 3 aromatic rings. The molecule has 7 rings (SSSR count). The quantitative estimate of drug-likeness (QED) is 0.366. The lowest BCUT2D eigenvalue weighted by molar-refractivity contribution is -0.154. The SMILES string of the molecule is O=C1OC(=O)C2C3CC(C4Sc5c(sc(=O)n5Cc5ccccc5)C(c5cc(Br)ccc5O)C34)C12. The minimum atomic E-state index is -0.421. The highest BCUT2D eigenvalue weighted by molar-refractivity contribution is 9.10. The van der Waals surface area contributed by atoms with Crippen LogP contribution >= 0.6 is 39.0 Å². The third-order valence-corrected chi connectivity index (χ3v) is 11.5. The summed E-state index contributed by atoms with van der Waals surface area (Å²) in [5.41, 5.74) is 1.79. The lowest BCUT2D eigenvalue weighted by Crippen LogP contribution is -2.43. The standard InChI is InChI=1S/C26H20BrNO5S2/c27-12-6-7-16(29)13(8-12)17-18-14-9-15(20-19(14)24(30)33-25(20)31)21(18)34-23-22(17)35-26(32)28(23)10-11-4-2-1-3-5-11/h1-8,14-15,17-21,29H,9-10H2. The molecule has 1 N–H and O–H groups in total. The van der Waals surface area contributed by atoms with Crippen LogP contribution in [0, 0.1) is 29.6 Å². The van der Waals surface area contributed by atoms with Crippen molar-refractivity contribution in [2.24, 2.45) is 29.6 Å². The summed E-state index contributed by atoms with van der Waals surface area (Å²) in [7, 11) is 0. The van der Waals surface area contributed by atoms with Crippen molar-refractivity contribution in [3.8, 4) is 5.75 Å². The van der Waals surface area contributed by atoms with Crippen molar-refractivity contribution in [1.29, 1.82) is 0 Å². The van der Waals surface area contributed by atoms with Crippen molar-refractivity contribution in [2.75, 3.05) is 0 Å². The van der Waals surface area contributed by atoms with E-state index < -0.39 is 23.8 Å². The highest BCUT2D eigenvalue weighted by Gasteiger charge is 2.69. The summed E-state index contributed by atoms with van der Waals surface area (Å²) in [4.78, 5) is 39.4. The molecule has 0 amide bonds. The fraction of sp³-hybridized carbons (Fsp3) is 0.346. The number of esters is 2. The predicted octanol–water partition coefficient (Wildman–Crippen LogP) is 4.61. The van der Waals surface area contributed by atoms with E-state index >= 15 is 0 Å². The maximum atomic E-state index is 13.3. The van der Waals surface area contributed by atoms with Gasteiger partial charge in [0, 0.05) is 26.1 Å². The molecule has 1 aromatic heterocycles. The topological polar surface area (TPSA) is 85.6 Å². The first-order valence-electron chi connectivity index (χ1n) is 11.6. The highest BCUT2D eigenvalue weighted by Crippen LogP contribution is 2.69. The Morgan fingerprint density at radius 2 is 1.77 bits per heavy atom. The number of carbonyl (C=O) groups is 2. The molecule has 2 aliphatic heterocycles. The second-order valence-electron chi connectivity index (χ2n) is 9.80. The fourth-order valence-electron chi connectivity index (χ4n) is 6.94. The Kier molecular flexibility index (Phi) is 4.89. The molecule has 9 heteroatoms. The Morgan fingerprint density at radius 1 is 1.03 bits per heavy atom. The van der Waals surface area contributed by atoms with E-state index in [0.717, 1.165) is 31.9 Å². The van der Waals surface area contributed by atoms with Crippen LogP contribution in [0.1, 0.15) is 28.3 Å². The first kappa shape index (κ1) is 21.9. The van der Waals surface area contributed by atoms with E-state index in [0.29, 0.717) is 6.54 Å². The van der Waals surface area contributed by atoms with Crippen LogP contribution in [-0.2, 0) is 20.9 Å². The minimum absolute atomic E-state index is 0.0160. The smallest absolute Gasteiger partial charge is 0.317 e. The predicted molar refractivity (Wildman–Crippen MR) is 135 cm³/mol. The molecule has 2 saturated carbocycles. The molecule has 178 valence electrons. The van der Waals surface area contributed by atoms with E-state index in [9.17, 15) is 19.5 Å². The van der Waals surface area contributed by atoms with E-state index in [4.69, 9.17) is 4.74 Å². The average molecular weight is 570 g/mol. The third kappa shape index (κ3) is 3.10. The summed E-state index contributed by atoms with van der Waals surface area (Å²) in [6.07, 6.45) is 0.793. The summed E-state index contributed by atoms with van der Waals surface area (Å²) in [6, 6.07) is 15.3. The molecule has 0 radical (unpaired) electrons. The molecular weight excluding hydrogens is 550 g/mol. The van der Waals surface area contributed by atoms with E-state index in [1.807, 2.05) is 41.0 Å². The Labute approximate surface area is 217 Å². The molecule has 7 unspecified atom stereocenters. The summed E-state index contributed by atoms with van der Waals surface area (Å²) < 4.78 is 7.76. The normalized spacial score (nSPS) is 32.3. The number of carbonyl (C=O) groups excluding carboxylic acids is 2. The fourth-order valence-corrected chi connectivity index (χ4v) is 10.5. The highest BCUT2D eigenvalue weighted by atomic mass is 79.9. The van der Waals surface area contributed by atoms with E-state index in [-0.39, 0.29) is 39.5 Å². The first-order chi connectivity index (χ1) is 16.9. The molecule has 2 aromatic carbocycles. The first-order valence-corrected chi connectivity index (χ1v) is 14.1. The van der Waals surface area contributed by atoms with Crippen LogP contribution < -0.4 is 4.87 Å². The van der Waals surface area contributed by atoms with Gasteiger partial charge in [0.15, 0.2) is 0 Å². The zero-order chi connectivity index (χ0) is 24.0. The van der Waals surface area contributed by atoms with Crippen molar-refractivity contribution in [1.82, 2.24) is 4.57 Å². The second kappa shape index (κ2) is 7.82. The van der Waals surface area contributed by atoms with Gasteiger partial charge >= 0.3 is 16.8 Å². The van der Waals surface area contributed by atoms with Crippen LogP contribution in [0.25, 0.3) is 0 Å². The molecule has 2 aliphatic carbocycles. The van der Waals surface area contributed by atoms with E-state index in [2.05, 4.69) is 15.9 Å². The van der Waals surface area contributed by atoms with Gasteiger partial charge in [-0.2, -0.15) is 0 Å². The number of cyclic esters (lactones) is 2. The lowest BCUT2D eigenvalue weighted by atomic mass is 9.68. The minimum Gasteiger partial charge on any atom is -0.508 e. The van der Waals surface area contributed by atoms with Crippen LogP contribution in [0.5, 0.6) is 5.75 Å². The van der Waals surface area contributed by atoms with Gasteiger partial charge in [0.2, 0.25) is 0 Å². The van der Waals surface area contributed by atoms with Gasteiger partial charge in [-0.15, -0.1) is 11.8 Å². The number of benzene rings is 2. The van der Waals surface area contributed by atoms with Crippen LogP contribution in [0.2, 0.25) is 0 Å². The number of aromatic nitrogens is 1. The van der Waals surface area contributed by atoms with Crippen LogP contribution in [0.4, 0.5) is 0 Å². The molecular formula is C26H20BrNO5S2. The Balaban J connectivity index is 1.41. The Morgan fingerprint density at radius 3 is 2.54 bits per heavy atom. The van der Waals surface area contributed by atoms with E-state index in [1.165, 1.54) is 11.3 Å². The summed E-state index contributed by atoms with van der Waals surface area (Å²) in [6.45, 7) is 0.466. The number of rotatable bonds is 3. The maximum Gasteiger partial charge on any atom is 0.317 e. The average Bonchev–Trinajstić information content (AvgIpc) is 3.56. The zero-order valence-corrected chi connectivity index (χ0v) is 21.5. The number of ether oxygens (including phenoxy) is 1. The molecule has 1 saturated heterocycles. The van der Waals surface area contributed by atoms with Crippen LogP contribution in [-0.4, -0.2) is 26.9 Å². The number of nitrogens with zero attached hydrogens (tertiary/aromatic N) is 1. The van der Waals surface area contributed by atoms with Gasteiger partial charge < -0.3 is 9.84 Å². The largest absolute Gasteiger partial charge is 0.508 e. The molecule has 7 atom stereocenters. The molecule has 4 aliphatic rings. The van der Waals surface area contributed by atoms with Crippen molar-refractivity contribution in [2.45, 2.75) is 29.2 Å². The molecule has 2 bridgehead atoms. The number of aromatic hydroxyl groups is 1. The van der Waals surface area contributed by atoms with Crippen molar-refractivity contribution >= 4 is 51.0 Å². The number of phenols is 1. The van der Waals surface area contributed by atoms with Gasteiger partial charge in [-0.05, 0) is 47.9 Å². The van der Waals surface area contributed by atoms with Gasteiger partial charge in [-0.1, -0.05) is 57.6 Å². The van der Waals surface area contributed by atoms with Gasteiger partial charge in [-0.3, -0.25) is 19.0 Å². The number of hydrogen-bond acceptors (Lipinski definition) is 7. The van der Waals surface area contributed by atoms with Gasteiger partial charge in [0.25, 0.3) is 0 Å². The van der Waals surface area contributed by atoms with Gasteiger partial charge in [0.05, 0.1) is 23.4 Å². The number of hydrogen-bond donors (Lipinski definition) is 1. The van der Waals surface area contributed by atoms with Crippen molar-refractivity contribution < 1.29 is 19.4 Å². The third-order valence-electron chi connectivity index (χ3n) is 8.19. The molecule has 35 heavy (non-hydrogen) atoms. The number of phenolic OH excluding ortho intramolecular Hbond substituents is 1. The number of halogens is 1. The summed E-state index contributed by atoms with van der Waals surface area (Å²) >= 11 is 6.46. The van der Waals surface area contributed by atoms with Gasteiger partial charge in [0.1, 0.15) is 5.75 Å². The van der Waals surface area contributed by atoms with Crippen LogP contribution in [0.3, 0.4) is 0 Å². The van der Waals surface area contributed by atoms with Crippen LogP contribution in [0.15, 0.2) is 62.8 Å². The Bertz CT molecular complexity index is 1450. The number of thiazole rings is 1. The maximum absolute atomic E-state index is 13.3. The number of fused-ring (bicyclic) bond motifs is 9. The van der Waals surface area contributed by atoms with Crippen molar-refractivity contribution in [3.63, 3.8) is 0 Å². The second-order valence-corrected chi connectivity index (χ2v) is 12.9. The summed E-state index contributed by atoms with van der Waals surface area (Å²) in [5, 5.41) is 11.9. The van der Waals surface area contributed by atoms with Crippen molar-refractivity contribution in [3.05, 3.63) is 78.7 Å². The summed E-state index contributed by atoms with van der Waals surface area (Å²) in [5.74, 6) is -1.65. The number of thioether (sulfide) groups is 1. The molecule has 0 spiro atoms. The molecule has 3 fully saturated rings. The zero-order valence-electron chi connectivity index (χ0n) is 18.3. The van der Waals surface area contributed by atoms with E-state index in [1.54, 1.807) is 23.9 Å². The molecule has 3 heterocycles. The molecule has 6 nitrogen and oxygen atoms in total.